The summed E-state index contributed by atoms with van der Waals surface area (Å²) in [6, 6.07) is 7.65. The molecule has 0 saturated carbocycles. The normalized spacial score (nSPS) is 28.9. The van der Waals surface area contributed by atoms with Gasteiger partial charge in [-0.15, -0.1) is 6.58 Å². The summed E-state index contributed by atoms with van der Waals surface area (Å²) in [6.45, 7) is 18.7. The quantitative estimate of drug-likeness (QED) is 0.415. The number of hydrogen-bond donors (Lipinski definition) is 1. The molecule has 0 aliphatic carbocycles. The molecular formula is C25H40O7Si. The topological polar surface area (TPSA) is 75.6 Å². The van der Waals surface area contributed by atoms with Crippen LogP contribution in [0.25, 0.3) is 0 Å². The number of ether oxygens (including phenoxy) is 5. The molecule has 2 fully saturated rings. The van der Waals surface area contributed by atoms with Gasteiger partial charge in [-0.1, -0.05) is 39.0 Å². The van der Waals surface area contributed by atoms with Crippen LogP contribution in [0.4, 0.5) is 0 Å². The lowest BCUT2D eigenvalue weighted by Crippen LogP contribution is -2.55. The third-order valence-corrected chi connectivity index (χ3v) is 11.4. The molecule has 2 aliphatic heterocycles. The lowest BCUT2D eigenvalue weighted by Gasteiger charge is -2.41. The van der Waals surface area contributed by atoms with Crippen molar-refractivity contribution in [3.05, 3.63) is 42.5 Å². The summed E-state index contributed by atoms with van der Waals surface area (Å²) in [7, 11) is -0.482. The molecule has 2 aliphatic rings. The van der Waals surface area contributed by atoms with Gasteiger partial charge in [-0.3, -0.25) is 0 Å². The molecule has 0 amide bonds. The van der Waals surface area contributed by atoms with E-state index in [4.69, 9.17) is 28.1 Å². The molecule has 2 heterocycles. The predicted octanol–water partition coefficient (Wildman–Crippen LogP) is 4.40. The lowest BCUT2D eigenvalue weighted by molar-refractivity contribution is -0.241. The molecule has 2 saturated heterocycles. The van der Waals surface area contributed by atoms with E-state index < -0.39 is 44.3 Å². The van der Waals surface area contributed by atoms with Crippen molar-refractivity contribution in [3.63, 3.8) is 0 Å². The molecule has 1 N–H and O–H groups in total. The Morgan fingerprint density at radius 2 is 1.79 bits per heavy atom. The molecule has 8 heteroatoms. The fraction of sp³-hybridized carbons (Fsp3) is 0.680. The van der Waals surface area contributed by atoms with Crippen LogP contribution in [0.1, 0.15) is 40.2 Å². The van der Waals surface area contributed by atoms with Gasteiger partial charge in [0.1, 0.15) is 29.7 Å². The number of rotatable bonds is 9. The third kappa shape index (κ3) is 5.70. The zero-order chi connectivity index (χ0) is 24.7. The van der Waals surface area contributed by atoms with Crippen molar-refractivity contribution in [1.29, 1.82) is 0 Å². The van der Waals surface area contributed by atoms with Crippen molar-refractivity contribution in [2.75, 3.05) is 13.7 Å². The van der Waals surface area contributed by atoms with E-state index in [9.17, 15) is 5.11 Å². The lowest BCUT2D eigenvalue weighted by atomic mass is 9.92. The number of hydrogen-bond acceptors (Lipinski definition) is 7. The van der Waals surface area contributed by atoms with Crippen LogP contribution in [0, 0.1) is 0 Å². The fourth-order valence-corrected chi connectivity index (χ4v) is 4.77. The van der Waals surface area contributed by atoms with Gasteiger partial charge >= 0.3 is 0 Å². The van der Waals surface area contributed by atoms with Gasteiger partial charge in [-0.05, 0) is 49.7 Å². The summed E-state index contributed by atoms with van der Waals surface area (Å²) >= 11 is 0. The Labute approximate surface area is 199 Å². The summed E-state index contributed by atoms with van der Waals surface area (Å²) in [4.78, 5) is 0. The van der Waals surface area contributed by atoms with Crippen molar-refractivity contribution >= 4 is 8.32 Å². The second-order valence-corrected chi connectivity index (χ2v) is 15.7. The first-order valence-electron chi connectivity index (χ1n) is 11.5. The Bertz CT molecular complexity index is 817. The van der Waals surface area contributed by atoms with Crippen molar-refractivity contribution in [2.24, 2.45) is 0 Å². The summed E-state index contributed by atoms with van der Waals surface area (Å²) in [5.41, 5.74) is -0.503. The Hall–Kier alpha value is -1.26. The maximum absolute atomic E-state index is 11.6. The summed E-state index contributed by atoms with van der Waals surface area (Å²) in [6.07, 6.45) is -0.984. The largest absolute Gasteiger partial charge is 0.497 e. The van der Waals surface area contributed by atoms with E-state index in [1.54, 1.807) is 7.11 Å². The number of fused-ring (bicyclic) bond motifs is 1. The molecule has 33 heavy (non-hydrogen) atoms. The van der Waals surface area contributed by atoms with Gasteiger partial charge in [-0.25, -0.2) is 0 Å². The minimum absolute atomic E-state index is 0.00261. The van der Waals surface area contributed by atoms with Crippen LogP contribution in [0.2, 0.25) is 18.1 Å². The number of benzene rings is 1. The number of methoxy groups -OCH3 is 1. The Morgan fingerprint density at radius 3 is 2.33 bits per heavy atom. The van der Waals surface area contributed by atoms with Crippen LogP contribution >= 0.6 is 0 Å². The maximum atomic E-state index is 11.6. The minimum Gasteiger partial charge on any atom is -0.497 e. The second-order valence-electron chi connectivity index (χ2n) is 10.9. The molecule has 0 spiro atoms. The first kappa shape index (κ1) is 26.3. The summed E-state index contributed by atoms with van der Waals surface area (Å²) < 4.78 is 36.1. The van der Waals surface area contributed by atoms with Gasteiger partial charge in [0, 0.05) is 0 Å². The van der Waals surface area contributed by atoms with E-state index in [0.29, 0.717) is 6.61 Å². The average Bonchev–Trinajstić information content (AvgIpc) is 3.22. The monoisotopic (exact) mass is 480 g/mol. The van der Waals surface area contributed by atoms with E-state index in [2.05, 4.69) is 40.4 Å². The van der Waals surface area contributed by atoms with Gasteiger partial charge in [0.2, 0.25) is 0 Å². The van der Waals surface area contributed by atoms with E-state index in [1.807, 2.05) is 38.1 Å². The molecule has 3 rings (SSSR count). The maximum Gasteiger partial charge on any atom is 0.192 e. The molecule has 0 bridgehead atoms. The van der Waals surface area contributed by atoms with Crippen LogP contribution < -0.4 is 4.74 Å². The Kier molecular flexibility index (Phi) is 7.51. The van der Waals surface area contributed by atoms with Crippen molar-refractivity contribution in [1.82, 2.24) is 0 Å². The van der Waals surface area contributed by atoms with Gasteiger partial charge in [0.05, 0.1) is 20.3 Å². The molecule has 0 aromatic heterocycles. The van der Waals surface area contributed by atoms with E-state index in [-0.39, 0.29) is 11.6 Å². The molecule has 5 atom stereocenters. The first-order valence-corrected chi connectivity index (χ1v) is 14.4. The van der Waals surface area contributed by atoms with Crippen molar-refractivity contribution in [2.45, 2.75) is 95.3 Å². The SMILES string of the molecule is C=C[C@@](O)(CO[Si](C)(C)C(C)(C)C)[C@H]1O[C@@H]2OC(C)(C)O[C@@H]2[C@H]1OCc1ccc(OC)cc1. The highest BCUT2D eigenvalue weighted by Gasteiger charge is 2.60. The van der Waals surface area contributed by atoms with Crippen molar-refractivity contribution < 1.29 is 33.2 Å². The highest BCUT2D eigenvalue weighted by molar-refractivity contribution is 6.74. The smallest absolute Gasteiger partial charge is 0.192 e. The van der Waals surface area contributed by atoms with Crippen LogP contribution in [-0.4, -0.2) is 63.1 Å². The first-order chi connectivity index (χ1) is 15.2. The van der Waals surface area contributed by atoms with Crippen LogP contribution in [0.3, 0.4) is 0 Å². The molecule has 1 aromatic rings. The van der Waals surface area contributed by atoms with E-state index >= 15 is 0 Å². The average molecular weight is 481 g/mol. The zero-order valence-corrected chi connectivity index (χ0v) is 22.2. The fourth-order valence-electron chi connectivity index (χ4n) is 3.75. The summed E-state index contributed by atoms with van der Waals surface area (Å²) in [5.74, 6) is -0.0228. The Balaban J connectivity index is 1.80. The van der Waals surface area contributed by atoms with E-state index in [0.717, 1.165) is 11.3 Å². The molecule has 0 radical (unpaired) electrons. The zero-order valence-electron chi connectivity index (χ0n) is 21.2. The molecular weight excluding hydrogens is 440 g/mol. The Morgan fingerprint density at radius 1 is 1.15 bits per heavy atom. The van der Waals surface area contributed by atoms with E-state index in [1.165, 1.54) is 6.08 Å². The minimum atomic E-state index is -2.11. The third-order valence-electron chi connectivity index (χ3n) is 6.91. The standard InChI is InChI=1S/C25H40O7Si/c1-10-25(26,16-29-33(8,9)23(2,3)4)21-19(20-22(30-21)32-24(5,6)31-20)28-15-17-11-13-18(27-7)14-12-17/h10-14,19-22,26H,1,15-16H2,2-9H3/t19-,20-,21+,22-,25-/m1/s1. The van der Waals surface area contributed by atoms with Crippen LogP contribution in [0.15, 0.2) is 36.9 Å². The van der Waals surface area contributed by atoms with Crippen LogP contribution in [-0.2, 0) is 30.0 Å². The molecule has 186 valence electrons. The molecule has 1 aromatic carbocycles. The van der Waals surface area contributed by atoms with Gasteiger partial charge in [-0.2, -0.15) is 0 Å². The highest BCUT2D eigenvalue weighted by Crippen LogP contribution is 2.43. The van der Waals surface area contributed by atoms with Gasteiger partial charge < -0.3 is 33.2 Å². The number of aliphatic hydroxyl groups is 1. The summed E-state index contributed by atoms with van der Waals surface area (Å²) in [5, 5.41) is 11.6. The van der Waals surface area contributed by atoms with Crippen LogP contribution in [0.5, 0.6) is 5.75 Å². The second kappa shape index (κ2) is 9.41. The van der Waals surface area contributed by atoms with Gasteiger partial charge in [0.25, 0.3) is 0 Å². The highest BCUT2D eigenvalue weighted by atomic mass is 28.4. The van der Waals surface area contributed by atoms with Gasteiger partial charge in [0.15, 0.2) is 20.4 Å². The van der Waals surface area contributed by atoms with Crippen molar-refractivity contribution in [3.8, 4) is 5.75 Å². The predicted molar refractivity (Wildman–Crippen MR) is 129 cm³/mol. The molecule has 0 unspecified atom stereocenters. The molecule has 7 nitrogen and oxygen atoms in total.